The number of rotatable bonds is 2. The molecule has 0 saturated carbocycles. The van der Waals surface area contributed by atoms with Crippen LogP contribution in [0.1, 0.15) is 27.2 Å². The van der Waals surface area contributed by atoms with Crippen LogP contribution in [0.2, 0.25) is 0 Å². The van der Waals surface area contributed by atoms with Gasteiger partial charge < -0.3 is 16.4 Å². The smallest absolute Gasteiger partial charge is 0.171 e. The third-order valence-corrected chi connectivity index (χ3v) is 1.61. The normalized spacial score (nSPS) is 8.69. The molecule has 0 aliphatic carbocycles. The number of nitrogens with two attached hydrogens (primary N) is 1. The van der Waals surface area contributed by atoms with E-state index in [4.69, 9.17) is 18.0 Å². The van der Waals surface area contributed by atoms with E-state index in [1.165, 1.54) is 6.42 Å². The number of nitrogens with one attached hydrogen (secondary N) is 2. The van der Waals surface area contributed by atoms with Gasteiger partial charge in [0, 0.05) is 6.54 Å². The topological polar surface area (TPSA) is 63.0 Å². The van der Waals surface area contributed by atoms with Crippen LogP contribution in [0.4, 0.5) is 11.5 Å². The predicted molar refractivity (Wildman–Crippen MR) is 74.5 cm³/mol. The van der Waals surface area contributed by atoms with Crippen molar-refractivity contribution in [1.29, 1.82) is 0 Å². The van der Waals surface area contributed by atoms with E-state index < -0.39 is 0 Å². The number of pyridine rings is 1. The Labute approximate surface area is 103 Å². The van der Waals surface area contributed by atoms with Crippen LogP contribution in [0.25, 0.3) is 0 Å². The molecule has 0 spiro atoms. The van der Waals surface area contributed by atoms with E-state index in [-0.39, 0.29) is 0 Å². The van der Waals surface area contributed by atoms with E-state index >= 15 is 0 Å². The maximum absolute atomic E-state index is 5.48. The van der Waals surface area contributed by atoms with E-state index in [0.717, 1.165) is 6.54 Å². The summed E-state index contributed by atoms with van der Waals surface area (Å²) < 4.78 is 0. The highest BCUT2D eigenvalue weighted by Gasteiger charge is 1.95. The van der Waals surface area contributed by atoms with E-state index in [1.54, 1.807) is 18.3 Å². The molecule has 90 valence electrons. The molecule has 0 amide bonds. The summed E-state index contributed by atoms with van der Waals surface area (Å²) in [5, 5.41) is 6.45. The molecule has 1 heterocycles. The Morgan fingerprint density at radius 2 is 2.00 bits per heavy atom. The lowest BCUT2D eigenvalue weighted by atomic mass is 10.4. The highest BCUT2D eigenvalue weighted by atomic mass is 32.1. The van der Waals surface area contributed by atoms with Gasteiger partial charge in [0.25, 0.3) is 0 Å². The van der Waals surface area contributed by atoms with Crippen molar-refractivity contribution in [3.63, 3.8) is 0 Å². The Balaban J connectivity index is 0.000000673. The van der Waals surface area contributed by atoms with Gasteiger partial charge in [-0.2, -0.15) is 0 Å². The zero-order valence-corrected chi connectivity index (χ0v) is 10.9. The molecule has 0 aromatic carbocycles. The van der Waals surface area contributed by atoms with Crippen LogP contribution in [0.15, 0.2) is 18.3 Å². The van der Waals surface area contributed by atoms with Crippen molar-refractivity contribution in [2.75, 3.05) is 17.6 Å². The predicted octanol–water partition coefficient (Wildman–Crippen LogP) is 2.39. The van der Waals surface area contributed by atoms with Crippen LogP contribution < -0.4 is 16.4 Å². The van der Waals surface area contributed by atoms with E-state index in [0.29, 0.717) is 16.6 Å². The lowest BCUT2D eigenvalue weighted by molar-refractivity contribution is 0.978. The molecule has 0 atom stereocenters. The molecule has 4 nitrogen and oxygen atoms in total. The first-order chi connectivity index (χ1) is 7.63. The zero-order chi connectivity index (χ0) is 12.4. The average Bonchev–Trinajstić information content (AvgIpc) is 2.23. The van der Waals surface area contributed by atoms with E-state index in [2.05, 4.69) is 29.5 Å². The molecule has 16 heavy (non-hydrogen) atoms. The summed E-state index contributed by atoms with van der Waals surface area (Å²) >= 11 is 4.97. The van der Waals surface area contributed by atoms with Gasteiger partial charge in [0.2, 0.25) is 0 Å². The van der Waals surface area contributed by atoms with Crippen molar-refractivity contribution in [3.8, 4) is 0 Å². The monoisotopic (exact) mass is 240 g/mol. The Morgan fingerprint density at radius 3 is 2.44 bits per heavy atom. The van der Waals surface area contributed by atoms with Crippen molar-refractivity contribution in [2.24, 2.45) is 0 Å². The summed E-state index contributed by atoms with van der Waals surface area (Å²) in [5.41, 5.74) is 6.12. The fraction of sp³-hybridized carbons (Fsp3) is 0.455. The number of thiocarbonyl (C=S) groups is 1. The molecule has 0 unspecified atom stereocenters. The molecule has 1 rings (SSSR count). The van der Waals surface area contributed by atoms with Crippen molar-refractivity contribution in [2.45, 2.75) is 27.2 Å². The van der Waals surface area contributed by atoms with Crippen molar-refractivity contribution < 1.29 is 0 Å². The third-order valence-electron chi connectivity index (χ3n) is 1.37. The van der Waals surface area contributed by atoms with Gasteiger partial charge in [0.1, 0.15) is 5.82 Å². The minimum absolute atomic E-state index is 0.569. The molecule has 1 aromatic heterocycles. The van der Waals surface area contributed by atoms with Gasteiger partial charge in [-0.25, -0.2) is 4.98 Å². The van der Waals surface area contributed by atoms with Gasteiger partial charge in [-0.05, 0) is 31.3 Å². The lowest BCUT2D eigenvalue weighted by Gasteiger charge is -2.07. The fourth-order valence-electron chi connectivity index (χ4n) is 0.800. The summed E-state index contributed by atoms with van der Waals surface area (Å²) in [6, 6.07) is 3.54. The molecule has 0 fully saturated rings. The molecule has 5 heteroatoms. The van der Waals surface area contributed by atoms with Crippen LogP contribution in [-0.2, 0) is 0 Å². The first-order valence-corrected chi connectivity index (χ1v) is 5.81. The maximum Gasteiger partial charge on any atom is 0.171 e. The fourth-order valence-corrected chi connectivity index (χ4v) is 1.05. The first-order valence-electron chi connectivity index (χ1n) is 5.40. The van der Waals surface area contributed by atoms with Gasteiger partial charge in [-0.1, -0.05) is 20.3 Å². The number of hydrogen-bond acceptors (Lipinski definition) is 3. The highest BCUT2D eigenvalue weighted by molar-refractivity contribution is 7.80. The Hall–Kier alpha value is -1.36. The van der Waals surface area contributed by atoms with Crippen LogP contribution >= 0.6 is 12.2 Å². The summed E-state index contributed by atoms with van der Waals surface area (Å²) in [5.74, 6) is 0.695. The molecule has 0 aliphatic heterocycles. The Morgan fingerprint density at radius 1 is 1.38 bits per heavy atom. The van der Waals surface area contributed by atoms with Gasteiger partial charge in [-0.15, -0.1) is 0 Å². The van der Waals surface area contributed by atoms with Gasteiger partial charge in [-0.3, -0.25) is 0 Å². The largest absolute Gasteiger partial charge is 0.397 e. The van der Waals surface area contributed by atoms with Crippen LogP contribution in [-0.4, -0.2) is 16.6 Å². The number of nitrogen functional groups attached to an aromatic ring is 1. The van der Waals surface area contributed by atoms with Crippen molar-refractivity contribution in [1.82, 2.24) is 10.3 Å². The molecule has 0 radical (unpaired) electrons. The maximum atomic E-state index is 5.48. The van der Waals surface area contributed by atoms with Crippen LogP contribution in [0, 0.1) is 0 Å². The van der Waals surface area contributed by atoms with Crippen LogP contribution in [0.3, 0.4) is 0 Å². The zero-order valence-electron chi connectivity index (χ0n) is 10.1. The molecule has 1 aromatic rings. The molecule has 4 N–H and O–H groups in total. The summed E-state index contributed by atoms with van der Waals surface area (Å²) in [4.78, 5) is 4.04. The Kier molecular flexibility index (Phi) is 8.15. The van der Waals surface area contributed by atoms with Crippen LogP contribution in [0.5, 0.6) is 0 Å². The second-order valence-corrected chi connectivity index (χ2v) is 3.58. The summed E-state index contributed by atoms with van der Waals surface area (Å²) in [6.45, 7) is 7.02. The van der Waals surface area contributed by atoms with Gasteiger partial charge in [0.05, 0.1) is 11.9 Å². The third kappa shape index (κ3) is 7.00. The number of aromatic nitrogens is 1. The standard InChI is InChI=1S/C8H12N4S.C3H8/c1-2-10-8(13)12-7-4-3-6(9)5-11-7;1-3-2/h3-5H,2,9H2,1H3,(H2,10,11,12,13);3H2,1-2H3. The second-order valence-electron chi connectivity index (χ2n) is 3.17. The molecule has 0 saturated heterocycles. The first kappa shape index (κ1) is 14.6. The van der Waals surface area contributed by atoms with E-state index in [1.807, 2.05) is 6.92 Å². The van der Waals surface area contributed by atoms with Crippen molar-refractivity contribution in [3.05, 3.63) is 18.3 Å². The van der Waals surface area contributed by atoms with Gasteiger partial charge >= 0.3 is 0 Å². The second kappa shape index (κ2) is 8.91. The lowest BCUT2D eigenvalue weighted by Crippen LogP contribution is -2.28. The number of nitrogens with zero attached hydrogens (tertiary/aromatic N) is 1. The molecular formula is C11H20N4S. The quantitative estimate of drug-likeness (QED) is 0.693. The number of anilines is 2. The molecule has 0 bridgehead atoms. The summed E-state index contributed by atoms with van der Waals surface area (Å²) in [6.07, 6.45) is 2.83. The Bertz CT molecular complexity index is 297. The minimum Gasteiger partial charge on any atom is -0.397 e. The highest BCUT2D eigenvalue weighted by Crippen LogP contribution is 2.05. The van der Waals surface area contributed by atoms with E-state index in [9.17, 15) is 0 Å². The molecule has 0 aliphatic rings. The van der Waals surface area contributed by atoms with Crippen molar-refractivity contribution >= 4 is 28.8 Å². The minimum atomic E-state index is 0.569. The summed E-state index contributed by atoms with van der Waals surface area (Å²) in [7, 11) is 0. The van der Waals surface area contributed by atoms with Gasteiger partial charge in [0.15, 0.2) is 5.11 Å². The molecular weight excluding hydrogens is 220 g/mol. The average molecular weight is 240 g/mol. The number of hydrogen-bond donors (Lipinski definition) is 3. The SMILES string of the molecule is CCC.CCNC(=S)Nc1ccc(N)cn1.